The van der Waals surface area contributed by atoms with Crippen LogP contribution >= 0.6 is 0 Å². The Labute approximate surface area is 100 Å². The molecule has 98 valence electrons. The van der Waals surface area contributed by atoms with Crippen LogP contribution in [0.25, 0.3) is 0 Å². The van der Waals surface area contributed by atoms with Crippen LogP contribution in [0.4, 0.5) is 4.79 Å². The summed E-state index contributed by atoms with van der Waals surface area (Å²) in [6, 6.07) is -0.920. The second kappa shape index (κ2) is 5.86. The van der Waals surface area contributed by atoms with Crippen molar-refractivity contribution in [1.82, 2.24) is 5.32 Å². The number of hydrogen-bond donors (Lipinski definition) is 2. The highest BCUT2D eigenvalue weighted by atomic mass is 16.5. The third-order valence-electron chi connectivity index (χ3n) is 2.93. The van der Waals surface area contributed by atoms with E-state index in [2.05, 4.69) is 10.1 Å². The summed E-state index contributed by atoms with van der Waals surface area (Å²) < 4.78 is 9.97. The third kappa shape index (κ3) is 3.89. The Kier molecular flexibility index (Phi) is 4.74. The monoisotopic (exact) mass is 245 g/mol. The summed E-state index contributed by atoms with van der Waals surface area (Å²) in [5.74, 6) is -1.17. The minimum absolute atomic E-state index is 0.00467. The van der Waals surface area contributed by atoms with Crippen LogP contribution in [-0.2, 0) is 14.3 Å². The molecular formula is C11H19NO5. The van der Waals surface area contributed by atoms with Gasteiger partial charge in [-0.05, 0) is 32.6 Å². The number of hydrogen-bond acceptors (Lipinski definition) is 4. The maximum atomic E-state index is 11.2. The molecule has 0 bridgehead atoms. The first kappa shape index (κ1) is 13.8. The normalized spacial score (nSPS) is 30.4. The zero-order valence-electron chi connectivity index (χ0n) is 10.3. The molecule has 2 N–H and O–H groups in total. The summed E-state index contributed by atoms with van der Waals surface area (Å²) in [6.45, 7) is 3.80. The lowest BCUT2D eigenvalue weighted by molar-refractivity contribution is -0.143. The second-order valence-corrected chi connectivity index (χ2v) is 4.44. The van der Waals surface area contributed by atoms with Crippen LogP contribution in [0.15, 0.2) is 0 Å². The highest BCUT2D eigenvalue weighted by Crippen LogP contribution is 2.27. The minimum Gasteiger partial charge on any atom is -0.480 e. The first-order valence-electron chi connectivity index (χ1n) is 5.66. The highest BCUT2D eigenvalue weighted by molar-refractivity contribution is 5.80. The fourth-order valence-corrected chi connectivity index (χ4v) is 2.30. The SMILES string of the molecule is COC(=O)N[C@H](C(=O)O)C1C[C@@H](C)O[C@H](C)C1. The van der Waals surface area contributed by atoms with Crippen molar-refractivity contribution in [3.8, 4) is 0 Å². The molecule has 1 saturated heterocycles. The molecule has 1 aliphatic heterocycles. The predicted octanol–water partition coefficient (Wildman–Crippen LogP) is 0.999. The molecule has 1 aliphatic rings. The molecule has 6 heteroatoms. The third-order valence-corrected chi connectivity index (χ3v) is 2.93. The standard InChI is InChI=1S/C11H19NO5/c1-6-4-8(5-7(2)17-6)9(10(13)14)12-11(15)16-3/h6-9H,4-5H2,1-3H3,(H,12,15)(H,13,14)/t6-,7-,9+/m1/s1. The van der Waals surface area contributed by atoms with Crippen LogP contribution in [0.2, 0.25) is 0 Å². The van der Waals surface area contributed by atoms with Gasteiger partial charge in [0.05, 0.1) is 19.3 Å². The van der Waals surface area contributed by atoms with Gasteiger partial charge >= 0.3 is 12.1 Å². The van der Waals surface area contributed by atoms with Gasteiger partial charge in [0.15, 0.2) is 0 Å². The number of aliphatic carboxylic acids is 1. The number of alkyl carbamates (subject to hydrolysis) is 1. The summed E-state index contributed by atoms with van der Waals surface area (Å²) in [4.78, 5) is 22.3. The van der Waals surface area contributed by atoms with E-state index < -0.39 is 18.1 Å². The summed E-state index contributed by atoms with van der Waals surface area (Å²) in [5.41, 5.74) is 0. The van der Waals surface area contributed by atoms with E-state index in [1.807, 2.05) is 13.8 Å². The molecule has 6 nitrogen and oxygen atoms in total. The molecule has 0 unspecified atom stereocenters. The summed E-state index contributed by atoms with van der Waals surface area (Å²) >= 11 is 0. The zero-order valence-corrected chi connectivity index (χ0v) is 10.3. The van der Waals surface area contributed by atoms with Gasteiger partial charge in [0.2, 0.25) is 0 Å². The molecule has 1 amide bonds. The molecule has 0 radical (unpaired) electrons. The predicted molar refractivity (Wildman–Crippen MR) is 59.7 cm³/mol. The fraction of sp³-hybridized carbons (Fsp3) is 0.818. The molecule has 0 aromatic rings. The van der Waals surface area contributed by atoms with E-state index in [9.17, 15) is 9.59 Å². The van der Waals surface area contributed by atoms with Crippen molar-refractivity contribution in [1.29, 1.82) is 0 Å². The number of nitrogens with one attached hydrogen (secondary N) is 1. The van der Waals surface area contributed by atoms with Gasteiger partial charge in [0.1, 0.15) is 6.04 Å². The number of carboxylic acid groups (broad SMARTS) is 1. The van der Waals surface area contributed by atoms with Gasteiger partial charge in [-0.1, -0.05) is 0 Å². The van der Waals surface area contributed by atoms with Gasteiger partial charge in [-0.2, -0.15) is 0 Å². The van der Waals surface area contributed by atoms with Crippen molar-refractivity contribution in [2.75, 3.05) is 7.11 Å². The molecule has 1 fully saturated rings. The average Bonchev–Trinajstić information content (AvgIpc) is 2.23. The molecule has 0 aliphatic carbocycles. The van der Waals surface area contributed by atoms with E-state index in [1.54, 1.807) is 0 Å². The molecular weight excluding hydrogens is 226 g/mol. The topological polar surface area (TPSA) is 84.9 Å². The van der Waals surface area contributed by atoms with Crippen LogP contribution in [0.1, 0.15) is 26.7 Å². The Morgan fingerprint density at radius 3 is 2.29 bits per heavy atom. The van der Waals surface area contributed by atoms with Gasteiger partial charge in [-0.3, -0.25) is 0 Å². The Hall–Kier alpha value is -1.30. The van der Waals surface area contributed by atoms with Gasteiger partial charge in [0.25, 0.3) is 0 Å². The van der Waals surface area contributed by atoms with Crippen molar-refractivity contribution in [3.05, 3.63) is 0 Å². The fourth-order valence-electron chi connectivity index (χ4n) is 2.30. The number of methoxy groups -OCH3 is 1. The van der Waals surface area contributed by atoms with Crippen LogP contribution < -0.4 is 5.32 Å². The number of amides is 1. The maximum Gasteiger partial charge on any atom is 0.407 e. The quantitative estimate of drug-likeness (QED) is 0.774. The van der Waals surface area contributed by atoms with Crippen molar-refractivity contribution >= 4 is 12.1 Å². The lowest BCUT2D eigenvalue weighted by Crippen LogP contribution is -2.49. The van der Waals surface area contributed by atoms with Crippen molar-refractivity contribution < 1.29 is 24.2 Å². The Balaban J connectivity index is 2.69. The lowest BCUT2D eigenvalue weighted by atomic mass is 9.86. The zero-order chi connectivity index (χ0) is 13.0. The van der Waals surface area contributed by atoms with Gasteiger partial charge in [-0.15, -0.1) is 0 Å². The maximum absolute atomic E-state index is 11.2. The van der Waals surface area contributed by atoms with Crippen LogP contribution in [0.5, 0.6) is 0 Å². The van der Waals surface area contributed by atoms with Crippen LogP contribution in [0, 0.1) is 5.92 Å². The van der Waals surface area contributed by atoms with Crippen molar-refractivity contribution in [2.24, 2.45) is 5.92 Å². The van der Waals surface area contributed by atoms with E-state index in [1.165, 1.54) is 7.11 Å². The molecule has 17 heavy (non-hydrogen) atoms. The summed E-state index contributed by atoms with van der Waals surface area (Å²) in [7, 11) is 1.21. The molecule has 0 aromatic heterocycles. The largest absolute Gasteiger partial charge is 0.480 e. The Bertz CT molecular complexity index is 284. The van der Waals surface area contributed by atoms with E-state index in [4.69, 9.17) is 9.84 Å². The van der Waals surface area contributed by atoms with E-state index >= 15 is 0 Å². The first-order valence-corrected chi connectivity index (χ1v) is 5.66. The molecule has 1 heterocycles. The van der Waals surface area contributed by atoms with E-state index in [0.717, 1.165) is 0 Å². The molecule has 0 spiro atoms. The van der Waals surface area contributed by atoms with Crippen molar-refractivity contribution in [2.45, 2.75) is 44.9 Å². The van der Waals surface area contributed by atoms with Crippen molar-refractivity contribution in [3.63, 3.8) is 0 Å². The van der Waals surface area contributed by atoms with Gasteiger partial charge in [0, 0.05) is 0 Å². The van der Waals surface area contributed by atoms with Gasteiger partial charge in [-0.25, -0.2) is 9.59 Å². The van der Waals surface area contributed by atoms with Crippen LogP contribution in [-0.4, -0.2) is 42.5 Å². The average molecular weight is 245 g/mol. The number of carbonyl (C=O) groups is 2. The molecule has 0 saturated carbocycles. The summed E-state index contributed by atoms with van der Waals surface area (Å²) in [6.07, 6.45) is 0.524. The van der Waals surface area contributed by atoms with E-state index in [0.29, 0.717) is 12.8 Å². The number of carboxylic acids is 1. The lowest BCUT2D eigenvalue weighted by Gasteiger charge is -2.35. The Morgan fingerprint density at radius 1 is 1.35 bits per heavy atom. The highest BCUT2D eigenvalue weighted by Gasteiger charge is 2.35. The van der Waals surface area contributed by atoms with Gasteiger partial charge < -0.3 is 19.9 Å². The number of rotatable bonds is 3. The second-order valence-electron chi connectivity index (χ2n) is 4.44. The molecule has 0 aromatic carbocycles. The van der Waals surface area contributed by atoms with E-state index in [-0.39, 0.29) is 18.1 Å². The summed E-state index contributed by atoms with van der Waals surface area (Å²) in [5, 5.41) is 11.5. The number of ether oxygens (including phenoxy) is 2. The number of carbonyl (C=O) groups excluding carboxylic acids is 1. The Morgan fingerprint density at radius 2 is 1.88 bits per heavy atom. The smallest absolute Gasteiger partial charge is 0.407 e. The molecule has 1 rings (SSSR count). The van der Waals surface area contributed by atoms with Crippen LogP contribution in [0.3, 0.4) is 0 Å². The first-order chi connectivity index (χ1) is 7.93. The minimum atomic E-state index is -1.04. The molecule has 3 atom stereocenters.